The molecule has 0 spiro atoms. The van der Waals surface area contributed by atoms with E-state index < -0.39 is 18.6 Å². The molecule has 0 unspecified atom stereocenters. The molecule has 18 heavy (non-hydrogen) atoms. The lowest BCUT2D eigenvalue weighted by Crippen LogP contribution is -2.18. The van der Waals surface area contributed by atoms with Crippen LogP contribution >= 0.6 is 0 Å². The van der Waals surface area contributed by atoms with E-state index in [1.165, 1.54) is 38.5 Å². The number of unbranched alkanes of at least 4 members (excludes halogenated alkanes) is 5. The Morgan fingerprint density at radius 1 is 0.500 bits per heavy atom. The molecule has 0 aliphatic carbocycles. The summed E-state index contributed by atoms with van der Waals surface area (Å²) in [5, 5.41) is 0. The minimum Gasteiger partial charge on any atom is -0.400 e. The SMILES string of the molecule is CO[SiH](CCCCCCCC[SiH](OC)OC)OC. The second-order valence-corrected chi connectivity index (χ2v) is 9.26. The maximum absolute atomic E-state index is 5.29. The number of hydrogen-bond acceptors (Lipinski definition) is 4. The van der Waals surface area contributed by atoms with Crippen molar-refractivity contribution in [3.05, 3.63) is 0 Å². The zero-order valence-corrected chi connectivity index (χ0v) is 14.8. The van der Waals surface area contributed by atoms with Gasteiger partial charge in [0.05, 0.1) is 0 Å². The molecule has 4 nitrogen and oxygen atoms in total. The van der Waals surface area contributed by atoms with Crippen LogP contribution in [-0.2, 0) is 17.7 Å². The standard InChI is InChI=1S/C12H30O4Si2/c1-13-17(14-2)11-9-7-5-6-8-10-12-18(15-3)16-4/h17-18H,5-12H2,1-4H3. The Hall–Kier alpha value is 0.274. The van der Waals surface area contributed by atoms with Crippen LogP contribution in [0.25, 0.3) is 0 Å². The fraction of sp³-hybridized carbons (Fsp3) is 1.00. The highest BCUT2D eigenvalue weighted by atomic mass is 28.3. The number of hydrogen-bond donors (Lipinski definition) is 0. The van der Waals surface area contributed by atoms with Crippen LogP contribution in [0.15, 0.2) is 0 Å². The summed E-state index contributed by atoms with van der Waals surface area (Å²) in [5.41, 5.74) is 0. The minimum atomic E-state index is -1.31. The van der Waals surface area contributed by atoms with Crippen molar-refractivity contribution in [1.29, 1.82) is 0 Å². The minimum absolute atomic E-state index is 1.13. The Labute approximate surface area is 116 Å². The van der Waals surface area contributed by atoms with Crippen LogP contribution in [0, 0.1) is 0 Å². The Balaban J connectivity index is 3.21. The molecule has 0 saturated carbocycles. The quantitative estimate of drug-likeness (QED) is 0.386. The van der Waals surface area contributed by atoms with Crippen LogP contribution in [0.2, 0.25) is 12.1 Å². The van der Waals surface area contributed by atoms with E-state index in [0.29, 0.717) is 0 Å². The van der Waals surface area contributed by atoms with E-state index in [0.717, 1.165) is 12.1 Å². The molecule has 0 aromatic rings. The van der Waals surface area contributed by atoms with Gasteiger partial charge < -0.3 is 17.7 Å². The van der Waals surface area contributed by atoms with Gasteiger partial charge in [-0.05, 0) is 12.1 Å². The molecular weight excluding hydrogens is 264 g/mol. The molecule has 0 rings (SSSR count). The summed E-state index contributed by atoms with van der Waals surface area (Å²) in [6.07, 6.45) is 7.72. The lowest BCUT2D eigenvalue weighted by molar-refractivity contribution is 0.275. The maximum Gasteiger partial charge on any atom is 0.320 e. The highest BCUT2D eigenvalue weighted by Gasteiger charge is 2.09. The Kier molecular flexibility index (Phi) is 13.9. The lowest BCUT2D eigenvalue weighted by atomic mass is 10.1. The van der Waals surface area contributed by atoms with Crippen molar-refractivity contribution in [2.75, 3.05) is 28.4 Å². The van der Waals surface area contributed by atoms with Gasteiger partial charge in [-0.1, -0.05) is 38.5 Å². The zero-order chi connectivity index (χ0) is 13.6. The predicted molar refractivity (Wildman–Crippen MR) is 79.7 cm³/mol. The Bertz CT molecular complexity index is 146. The van der Waals surface area contributed by atoms with Crippen molar-refractivity contribution in [3.8, 4) is 0 Å². The molecule has 0 radical (unpaired) electrons. The molecule has 0 heterocycles. The highest BCUT2D eigenvalue weighted by molar-refractivity contribution is 6.44. The molecular formula is C12H30O4Si2. The summed E-state index contributed by atoms with van der Waals surface area (Å²) in [4.78, 5) is 0. The second kappa shape index (κ2) is 13.7. The third-order valence-electron chi connectivity index (χ3n) is 3.18. The summed E-state index contributed by atoms with van der Waals surface area (Å²) in [7, 11) is 4.41. The molecule has 0 aliphatic heterocycles. The molecule has 0 atom stereocenters. The van der Waals surface area contributed by atoms with Gasteiger partial charge >= 0.3 is 18.6 Å². The molecule has 0 saturated heterocycles. The zero-order valence-electron chi connectivity index (χ0n) is 12.4. The molecule has 0 N–H and O–H groups in total. The molecule has 0 bridgehead atoms. The summed E-state index contributed by atoms with van der Waals surface area (Å²) >= 11 is 0. The molecule has 110 valence electrons. The van der Waals surface area contributed by atoms with Gasteiger partial charge in [-0.2, -0.15) is 0 Å². The van der Waals surface area contributed by atoms with Crippen LogP contribution in [0.1, 0.15) is 38.5 Å². The summed E-state index contributed by atoms with van der Waals surface area (Å²) < 4.78 is 21.2. The van der Waals surface area contributed by atoms with E-state index in [2.05, 4.69) is 0 Å². The van der Waals surface area contributed by atoms with Crippen LogP contribution in [0.3, 0.4) is 0 Å². The number of rotatable bonds is 13. The predicted octanol–water partition coefficient (Wildman–Crippen LogP) is 2.35. The monoisotopic (exact) mass is 294 g/mol. The van der Waals surface area contributed by atoms with Crippen LogP contribution in [0.5, 0.6) is 0 Å². The summed E-state index contributed by atoms with van der Waals surface area (Å²) in [6, 6.07) is 2.27. The molecule has 0 aliphatic rings. The van der Waals surface area contributed by atoms with Gasteiger partial charge in [0.15, 0.2) is 0 Å². The first kappa shape index (κ1) is 18.3. The van der Waals surface area contributed by atoms with Crippen molar-refractivity contribution in [2.24, 2.45) is 0 Å². The smallest absolute Gasteiger partial charge is 0.320 e. The molecule has 0 fully saturated rings. The lowest BCUT2D eigenvalue weighted by Gasteiger charge is -2.11. The van der Waals surface area contributed by atoms with E-state index in [9.17, 15) is 0 Å². The van der Waals surface area contributed by atoms with Gasteiger partial charge in [-0.15, -0.1) is 0 Å². The third kappa shape index (κ3) is 10.2. The van der Waals surface area contributed by atoms with E-state index >= 15 is 0 Å². The van der Waals surface area contributed by atoms with Crippen molar-refractivity contribution in [3.63, 3.8) is 0 Å². The second-order valence-electron chi connectivity index (χ2n) is 4.50. The van der Waals surface area contributed by atoms with Crippen molar-refractivity contribution >= 4 is 18.6 Å². The van der Waals surface area contributed by atoms with Crippen molar-refractivity contribution < 1.29 is 17.7 Å². The van der Waals surface area contributed by atoms with Crippen molar-refractivity contribution in [1.82, 2.24) is 0 Å². The van der Waals surface area contributed by atoms with Crippen LogP contribution in [-0.4, -0.2) is 47.0 Å². The molecule has 0 aromatic heterocycles. The molecule has 0 amide bonds. The van der Waals surface area contributed by atoms with Gasteiger partial charge in [0, 0.05) is 28.4 Å². The topological polar surface area (TPSA) is 36.9 Å². The van der Waals surface area contributed by atoms with E-state index in [4.69, 9.17) is 17.7 Å². The van der Waals surface area contributed by atoms with E-state index in [1.54, 1.807) is 28.4 Å². The normalized spacial score (nSPS) is 11.7. The fourth-order valence-corrected chi connectivity index (χ4v) is 4.56. The van der Waals surface area contributed by atoms with Gasteiger partial charge in [-0.25, -0.2) is 0 Å². The highest BCUT2D eigenvalue weighted by Crippen LogP contribution is 2.12. The van der Waals surface area contributed by atoms with Gasteiger partial charge in [-0.3, -0.25) is 0 Å². The summed E-state index contributed by atoms with van der Waals surface area (Å²) in [5.74, 6) is 0. The Morgan fingerprint density at radius 2 is 0.778 bits per heavy atom. The van der Waals surface area contributed by atoms with E-state index in [-0.39, 0.29) is 0 Å². The maximum atomic E-state index is 5.29. The average molecular weight is 295 g/mol. The Morgan fingerprint density at radius 3 is 1.06 bits per heavy atom. The first-order chi connectivity index (χ1) is 8.78. The van der Waals surface area contributed by atoms with E-state index in [1.807, 2.05) is 0 Å². The molecule has 6 heteroatoms. The van der Waals surface area contributed by atoms with Gasteiger partial charge in [0.1, 0.15) is 0 Å². The van der Waals surface area contributed by atoms with Crippen molar-refractivity contribution in [2.45, 2.75) is 50.6 Å². The fourth-order valence-electron chi connectivity index (χ4n) is 1.99. The van der Waals surface area contributed by atoms with Crippen LogP contribution < -0.4 is 0 Å². The first-order valence-corrected chi connectivity index (χ1v) is 10.4. The summed E-state index contributed by atoms with van der Waals surface area (Å²) in [6.45, 7) is 0. The van der Waals surface area contributed by atoms with Gasteiger partial charge in [0.2, 0.25) is 0 Å². The first-order valence-electron chi connectivity index (χ1n) is 6.89. The van der Waals surface area contributed by atoms with Crippen LogP contribution in [0.4, 0.5) is 0 Å². The van der Waals surface area contributed by atoms with Gasteiger partial charge in [0.25, 0.3) is 0 Å². The average Bonchev–Trinajstić information content (AvgIpc) is 2.41. The third-order valence-corrected chi connectivity index (χ3v) is 7.04. The largest absolute Gasteiger partial charge is 0.400 e. The molecule has 0 aromatic carbocycles.